The maximum Gasteiger partial charge on any atom is 0.214 e. The van der Waals surface area contributed by atoms with Crippen molar-refractivity contribution in [1.82, 2.24) is 14.6 Å². The normalized spacial score (nSPS) is 11.2. The number of nitrogens with zero attached hydrogens (tertiary/aromatic N) is 3. The Labute approximate surface area is 112 Å². The zero-order valence-corrected chi connectivity index (χ0v) is 11.2. The van der Waals surface area contributed by atoms with E-state index in [1.165, 1.54) is 11.3 Å². The molecule has 3 aromatic rings. The van der Waals surface area contributed by atoms with Gasteiger partial charge in [0.15, 0.2) is 0 Å². The van der Waals surface area contributed by atoms with Crippen LogP contribution in [-0.4, -0.2) is 32.9 Å². The fourth-order valence-corrected chi connectivity index (χ4v) is 3.10. The van der Waals surface area contributed by atoms with Gasteiger partial charge in [0.1, 0.15) is 0 Å². The molecule has 3 heterocycles. The molecule has 0 aliphatic carbocycles. The average molecular weight is 280 g/mol. The molecule has 94 valence electrons. The van der Waals surface area contributed by atoms with E-state index in [1.807, 2.05) is 16.1 Å². The molecule has 7 heteroatoms. The minimum atomic E-state index is 0.190. The van der Waals surface area contributed by atoms with Crippen molar-refractivity contribution in [3.8, 4) is 11.3 Å². The summed E-state index contributed by atoms with van der Waals surface area (Å²) in [7, 11) is 0. The van der Waals surface area contributed by atoms with E-state index in [4.69, 9.17) is 5.11 Å². The van der Waals surface area contributed by atoms with Gasteiger partial charge in [-0.25, -0.2) is 9.50 Å². The second-order valence-corrected chi connectivity index (χ2v) is 5.50. The molecule has 0 atom stereocenters. The Hall–Kier alpha value is -1.44. The van der Waals surface area contributed by atoms with Gasteiger partial charge in [0, 0.05) is 24.1 Å². The maximum absolute atomic E-state index is 8.74. The highest BCUT2D eigenvalue weighted by Crippen LogP contribution is 2.27. The van der Waals surface area contributed by atoms with Crippen molar-refractivity contribution in [1.29, 1.82) is 0 Å². The van der Waals surface area contributed by atoms with Gasteiger partial charge in [0.05, 0.1) is 11.9 Å². The van der Waals surface area contributed by atoms with Gasteiger partial charge in [-0.15, -0.1) is 5.10 Å². The van der Waals surface area contributed by atoms with E-state index in [0.717, 1.165) is 34.3 Å². The predicted octanol–water partition coefficient (Wildman–Crippen LogP) is 2.31. The van der Waals surface area contributed by atoms with E-state index < -0.39 is 0 Å². The van der Waals surface area contributed by atoms with Gasteiger partial charge in [-0.3, -0.25) is 0 Å². The Bertz CT molecular complexity index is 629. The summed E-state index contributed by atoms with van der Waals surface area (Å²) in [6.45, 7) is 0.913. The van der Waals surface area contributed by atoms with E-state index in [0.29, 0.717) is 0 Å². The van der Waals surface area contributed by atoms with Crippen molar-refractivity contribution in [2.75, 3.05) is 18.5 Å². The van der Waals surface area contributed by atoms with Crippen molar-refractivity contribution in [3.05, 3.63) is 23.0 Å². The van der Waals surface area contributed by atoms with Gasteiger partial charge in [-0.2, -0.15) is 11.3 Å². The van der Waals surface area contributed by atoms with Crippen molar-refractivity contribution in [3.63, 3.8) is 0 Å². The fourth-order valence-electron chi connectivity index (χ4n) is 1.65. The smallest absolute Gasteiger partial charge is 0.214 e. The Morgan fingerprint density at radius 3 is 3.17 bits per heavy atom. The topological polar surface area (TPSA) is 62.5 Å². The molecule has 0 saturated heterocycles. The molecule has 0 saturated carbocycles. The highest BCUT2D eigenvalue weighted by molar-refractivity contribution is 7.20. The maximum atomic E-state index is 8.74. The summed E-state index contributed by atoms with van der Waals surface area (Å²) >= 11 is 3.18. The molecule has 18 heavy (non-hydrogen) atoms. The number of imidazole rings is 1. The average Bonchev–Trinajstić information content (AvgIpc) is 3.03. The van der Waals surface area contributed by atoms with Crippen LogP contribution in [0.5, 0.6) is 0 Å². The summed E-state index contributed by atoms with van der Waals surface area (Å²) in [5.41, 5.74) is 2.15. The molecule has 0 unspecified atom stereocenters. The van der Waals surface area contributed by atoms with Crippen LogP contribution >= 0.6 is 22.7 Å². The SMILES string of the molecule is OCCCNc1nn2c(-c3ccsc3)cnc2s1. The molecule has 0 aromatic carbocycles. The van der Waals surface area contributed by atoms with Gasteiger partial charge >= 0.3 is 0 Å². The minimum absolute atomic E-state index is 0.190. The third-order valence-electron chi connectivity index (χ3n) is 2.51. The summed E-state index contributed by atoms with van der Waals surface area (Å²) < 4.78 is 1.86. The first-order valence-electron chi connectivity index (χ1n) is 5.60. The third-order valence-corrected chi connectivity index (χ3v) is 4.08. The van der Waals surface area contributed by atoms with Crippen LogP contribution < -0.4 is 5.32 Å². The first-order valence-corrected chi connectivity index (χ1v) is 7.36. The van der Waals surface area contributed by atoms with E-state index >= 15 is 0 Å². The lowest BCUT2D eigenvalue weighted by atomic mass is 10.3. The number of hydrogen-bond acceptors (Lipinski definition) is 6. The second kappa shape index (κ2) is 5.05. The van der Waals surface area contributed by atoms with Gasteiger partial charge < -0.3 is 10.4 Å². The number of hydrogen-bond donors (Lipinski definition) is 2. The van der Waals surface area contributed by atoms with E-state index in [9.17, 15) is 0 Å². The van der Waals surface area contributed by atoms with Gasteiger partial charge in [-0.05, 0) is 17.9 Å². The van der Waals surface area contributed by atoms with Crippen molar-refractivity contribution < 1.29 is 5.11 Å². The van der Waals surface area contributed by atoms with Crippen LogP contribution in [0.15, 0.2) is 23.0 Å². The summed E-state index contributed by atoms with van der Waals surface area (Å²) in [5, 5.41) is 21.4. The summed E-state index contributed by atoms with van der Waals surface area (Å²) in [6.07, 6.45) is 2.57. The minimum Gasteiger partial charge on any atom is -0.396 e. The number of rotatable bonds is 5. The Kier molecular flexibility index (Phi) is 3.26. The molecular weight excluding hydrogens is 268 g/mol. The monoisotopic (exact) mass is 280 g/mol. The molecule has 5 nitrogen and oxygen atoms in total. The first kappa shape index (κ1) is 11.6. The molecule has 0 amide bonds. The standard InChI is InChI=1S/C11H12N4OS2/c16-4-1-3-12-10-14-15-9(6-13-11(15)18-10)8-2-5-17-7-8/h2,5-7,16H,1,3-4H2,(H,12,14). The lowest BCUT2D eigenvalue weighted by Crippen LogP contribution is -2.03. The van der Waals surface area contributed by atoms with Crippen LogP contribution in [0.4, 0.5) is 5.13 Å². The quantitative estimate of drug-likeness (QED) is 0.704. The first-order chi connectivity index (χ1) is 8.88. The molecule has 0 aliphatic heterocycles. The van der Waals surface area contributed by atoms with Crippen LogP contribution in [-0.2, 0) is 0 Å². The van der Waals surface area contributed by atoms with Crippen molar-refractivity contribution in [2.45, 2.75) is 6.42 Å². The molecule has 2 N–H and O–H groups in total. The summed E-state index contributed by atoms with van der Waals surface area (Å²) in [4.78, 5) is 5.24. The van der Waals surface area contributed by atoms with Gasteiger partial charge in [0.25, 0.3) is 0 Å². The highest BCUT2D eigenvalue weighted by atomic mass is 32.1. The van der Waals surface area contributed by atoms with Gasteiger partial charge in [0.2, 0.25) is 10.1 Å². The molecule has 3 aromatic heterocycles. The Morgan fingerprint density at radius 2 is 2.39 bits per heavy atom. The number of aliphatic hydroxyl groups excluding tert-OH is 1. The Balaban J connectivity index is 1.89. The third kappa shape index (κ3) is 2.12. The second-order valence-electron chi connectivity index (χ2n) is 3.76. The highest BCUT2D eigenvalue weighted by Gasteiger charge is 2.11. The molecule has 0 fully saturated rings. The number of aliphatic hydroxyl groups is 1. The van der Waals surface area contributed by atoms with Gasteiger partial charge in [-0.1, -0.05) is 11.3 Å². The molecule has 3 rings (SSSR count). The lowest BCUT2D eigenvalue weighted by molar-refractivity contribution is 0.292. The number of fused-ring (bicyclic) bond motifs is 1. The van der Waals surface area contributed by atoms with Crippen molar-refractivity contribution in [2.24, 2.45) is 0 Å². The molecular formula is C11H12N4OS2. The largest absolute Gasteiger partial charge is 0.396 e. The van der Waals surface area contributed by atoms with Crippen molar-refractivity contribution >= 4 is 32.8 Å². The fraction of sp³-hybridized carbons (Fsp3) is 0.273. The molecule has 0 spiro atoms. The molecule has 0 radical (unpaired) electrons. The van der Waals surface area contributed by atoms with Crippen LogP contribution in [0.3, 0.4) is 0 Å². The molecule has 0 bridgehead atoms. The number of thiophene rings is 1. The van der Waals surface area contributed by atoms with Crippen LogP contribution in [0, 0.1) is 0 Å². The van der Waals surface area contributed by atoms with Crippen LogP contribution in [0.2, 0.25) is 0 Å². The zero-order chi connectivity index (χ0) is 12.4. The van der Waals surface area contributed by atoms with Crippen LogP contribution in [0.25, 0.3) is 16.2 Å². The number of anilines is 1. The summed E-state index contributed by atoms with van der Waals surface area (Å²) in [5.74, 6) is 0. The van der Waals surface area contributed by atoms with E-state index in [1.54, 1.807) is 11.3 Å². The zero-order valence-electron chi connectivity index (χ0n) is 9.54. The predicted molar refractivity (Wildman–Crippen MR) is 74.4 cm³/mol. The van der Waals surface area contributed by atoms with Crippen LogP contribution in [0.1, 0.15) is 6.42 Å². The summed E-state index contributed by atoms with van der Waals surface area (Å²) in [6, 6.07) is 2.06. The number of aromatic nitrogens is 3. The lowest BCUT2D eigenvalue weighted by Gasteiger charge is -1.98. The number of nitrogens with one attached hydrogen (secondary N) is 1. The Morgan fingerprint density at radius 1 is 1.44 bits per heavy atom. The van der Waals surface area contributed by atoms with E-state index in [2.05, 4.69) is 26.8 Å². The van der Waals surface area contributed by atoms with E-state index in [-0.39, 0.29) is 6.61 Å². The molecule has 0 aliphatic rings.